The lowest BCUT2D eigenvalue weighted by atomic mass is 10.1. The fourth-order valence-electron chi connectivity index (χ4n) is 2.74. The lowest BCUT2D eigenvalue weighted by molar-refractivity contribution is -0.113. The number of hydrogen-bond acceptors (Lipinski definition) is 10. The van der Waals surface area contributed by atoms with Gasteiger partial charge in [0.1, 0.15) is 15.5 Å². The van der Waals surface area contributed by atoms with Crippen molar-refractivity contribution >= 4 is 51.6 Å². The van der Waals surface area contributed by atoms with Gasteiger partial charge in [0.15, 0.2) is 5.16 Å². The number of thioether (sulfide) groups is 1. The minimum absolute atomic E-state index is 0.110. The highest BCUT2D eigenvalue weighted by molar-refractivity contribution is 7.99. The SMILES string of the molecule is CCOC(=O)c1sc(NC(=O)CSc2nc(=O)n3ccccc3n2)c(C(=O)OCC)c1C. The van der Waals surface area contributed by atoms with Crippen LogP contribution in [0.2, 0.25) is 0 Å². The number of pyridine rings is 1. The molecule has 0 aliphatic heterocycles. The van der Waals surface area contributed by atoms with Crippen molar-refractivity contribution in [3.63, 3.8) is 0 Å². The molecule has 0 bridgehead atoms. The van der Waals surface area contributed by atoms with E-state index in [1.165, 1.54) is 4.40 Å². The Kier molecular flexibility index (Phi) is 7.59. The van der Waals surface area contributed by atoms with Crippen molar-refractivity contribution in [1.29, 1.82) is 0 Å². The Balaban J connectivity index is 1.79. The largest absolute Gasteiger partial charge is 0.462 e. The number of aromatic nitrogens is 3. The van der Waals surface area contributed by atoms with Crippen LogP contribution in [0.5, 0.6) is 0 Å². The summed E-state index contributed by atoms with van der Waals surface area (Å²) in [4.78, 5) is 57.6. The molecule has 32 heavy (non-hydrogen) atoms. The summed E-state index contributed by atoms with van der Waals surface area (Å²) in [5.74, 6) is -1.81. The van der Waals surface area contributed by atoms with Gasteiger partial charge in [0.25, 0.3) is 0 Å². The number of carbonyl (C=O) groups excluding carboxylic acids is 3. The second-order valence-corrected chi connectivity index (χ2v) is 8.22. The lowest BCUT2D eigenvalue weighted by Gasteiger charge is -2.07. The topological polar surface area (TPSA) is 129 Å². The zero-order chi connectivity index (χ0) is 23.3. The van der Waals surface area contributed by atoms with Crippen LogP contribution >= 0.6 is 23.1 Å². The number of carbonyl (C=O) groups is 3. The molecule has 1 N–H and O–H groups in total. The van der Waals surface area contributed by atoms with E-state index in [0.29, 0.717) is 11.2 Å². The van der Waals surface area contributed by atoms with Gasteiger partial charge in [-0.05, 0) is 38.5 Å². The number of nitrogens with one attached hydrogen (secondary N) is 1. The highest BCUT2D eigenvalue weighted by Crippen LogP contribution is 2.34. The standard InChI is InChI=1S/C20H20N4O6S2/c1-4-29-17(26)14-11(3)15(18(27)30-5-2)32-16(14)22-13(25)10-31-19-21-12-8-6-7-9-24(12)20(28)23-19/h6-9H,4-5,10H2,1-3H3,(H,22,25). The van der Waals surface area contributed by atoms with Crippen LogP contribution in [0, 0.1) is 6.92 Å². The van der Waals surface area contributed by atoms with Gasteiger partial charge in [-0.25, -0.2) is 19.4 Å². The summed E-state index contributed by atoms with van der Waals surface area (Å²) < 4.78 is 11.4. The van der Waals surface area contributed by atoms with Crippen molar-refractivity contribution in [3.8, 4) is 0 Å². The first-order valence-corrected chi connectivity index (χ1v) is 11.4. The Morgan fingerprint density at radius 1 is 1.12 bits per heavy atom. The number of fused-ring (bicyclic) bond motifs is 1. The van der Waals surface area contributed by atoms with Crippen LogP contribution in [0.1, 0.15) is 39.4 Å². The van der Waals surface area contributed by atoms with Gasteiger partial charge in [-0.1, -0.05) is 17.8 Å². The van der Waals surface area contributed by atoms with Crippen LogP contribution in [-0.2, 0) is 14.3 Å². The summed E-state index contributed by atoms with van der Waals surface area (Å²) in [5.41, 5.74) is 0.392. The minimum Gasteiger partial charge on any atom is -0.462 e. The average Bonchev–Trinajstić information content (AvgIpc) is 3.08. The van der Waals surface area contributed by atoms with E-state index >= 15 is 0 Å². The molecule has 3 aromatic rings. The zero-order valence-electron chi connectivity index (χ0n) is 17.5. The van der Waals surface area contributed by atoms with E-state index < -0.39 is 23.5 Å². The molecule has 0 fully saturated rings. The first-order chi connectivity index (χ1) is 15.3. The summed E-state index contributed by atoms with van der Waals surface area (Å²) in [5, 5.41) is 2.98. The van der Waals surface area contributed by atoms with E-state index in [9.17, 15) is 19.2 Å². The quantitative estimate of drug-likeness (QED) is 0.385. The Hall–Kier alpha value is -3.25. The first-order valence-electron chi connectivity index (χ1n) is 9.61. The normalized spacial score (nSPS) is 10.7. The third kappa shape index (κ3) is 5.14. The molecule has 3 heterocycles. The number of rotatable bonds is 8. The van der Waals surface area contributed by atoms with Gasteiger partial charge in [0.2, 0.25) is 5.91 Å². The summed E-state index contributed by atoms with van der Waals surface area (Å²) in [6, 6.07) is 5.08. The molecule has 168 valence electrons. The maximum absolute atomic E-state index is 12.6. The third-order valence-corrected chi connectivity index (χ3v) is 6.15. The lowest BCUT2D eigenvalue weighted by Crippen LogP contribution is -2.20. The van der Waals surface area contributed by atoms with E-state index in [1.807, 2.05) is 0 Å². The summed E-state index contributed by atoms with van der Waals surface area (Å²) in [7, 11) is 0. The molecule has 3 rings (SSSR count). The average molecular weight is 477 g/mol. The van der Waals surface area contributed by atoms with Crippen molar-refractivity contribution in [3.05, 3.63) is 50.9 Å². The minimum atomic E-state index is -0.648. The molecule has 0 unspecified atom stereocenters. The number of hydrogen-bond donors (Lipinski definition) is 1. The second kappa shape index (κ2) is 10.4. The molecule has 12 heteroatoms. The Labute approximate surface area is 191 Å². The molecular formula is C20H20N4O6S2. The first kappa shape index (κ1) is 23.4. The Bertz CT molecular complexity index is 1240. The number of anilines is 1. The molecule has 1 amide bonds. The van der Waals surface area contributed by atoms with E-state index in [0.717, 1.165) is 23.1 Å². The molecule has 0 aliphatic carbocycles. The third-order valence-electron chi connectivity index (χ3n) is 4.12. The Morgan fingerprint density at radius 3 is 2.56 bits per heavy atom. The van der Waals surface area contributed by atoms with Crippen LogP contribution in [0.4, 0.5) is 5.00 Å². The number of amides is 1. The fourth-order valence-corrected chi connectivity index (χ4v) is 4.48. The van der Waals surface area contributed by atoms with E-state index in [4.69, 9.17) is 9.47 Å². The van der Waals surface area contributed by atoms with Gasteiger partial charge in [0.05, 0.1) is 24.5 Å². The van der Waals surface area contributed by atoms with Crippen LogP contribution in [0.3, 0.4) is 0 Å². The highest BCUT2D eigenvalue weighted by atomic mass is 32.2. The fraction of sp³-hybridized carbons (Fsp3) is 0.300. The molecule has 0 radical (unpaired) electrons. The maximum Gasteiger partial charge on any atom is 0.355 e. The van der Waals surface area contributed by atoms with Gasteiger partial charge in [-0.15, -0.1) is 11.3 Å². The van der Waals surface area contributed by atoms with Gasteiger partial charge in [0, 0.05) is 6.20 Å². The molecule has 0 atom stereocenters. The highest BCUT2D eigenvalue weighted by Gasteiger charge is 2.27. The molecule has 0 aliphatic rings. The maximum atomic E-state index is 12.6. The molecule has 0 aromatic carbocycles. The molecular weight excluding hydrogens is 456 g/mol. The van der Waals surface area contributed by atoms with Crippen molar-refractivity contribution in [1.82, 2.24) is 14.4 Å². The molecule has 0 spiro atoms. The summed E-state index contributed by atoms with van der Waals surface area (Å²) in [6.45, 7) is 5.24. The van der Waals surface area contributed by atoms with Crippen molar-refractivity contribution in [2.75, 3.05) is 24.3 Å². The number of nitrogens with zero attached hydrogens (tertiary/aromatic N) is 3. The molecule has 3 aromatic heterocycles. The predicted molar refractivity (Wildman–Crippen MR) is 120 cm³/mol. The van der Waals surface area contributed by atoms with Gasteiger partial charge >= 0.3 is 17.6 Å². The monoisotopic (exact) mass is 476 g/mol. The van der Waals surface area contributed by atoms with Gasteiger partial charge in [-0.2, -0.15) is 4.98 Å². The number of thiophene rings is 1. The van der Waals surface area contributed by atoms with Crippen molar-refractivity contribution < 1.29 is 23.9 Å². The van der Waals surface area contributed by atoms with E-state index in [-0.39, 0.29) is 39.6 Å². The second-order valence-electron chi connectivity index (χ2n) is 6.26. The smallest absolute Gasteiger partial charge is 0.355 e. The molecule has 0 saturated carbocycles. The van der Waals surface area contributed by atoms with E-state index in [2.05, 4.69) is 15.3 Å². The van der Waals surface area contributed by atoms with Crippen molar-refractivity contribution in [2.45, 2.75) is 25.9 Å². The zero-order valence-corrected chi connectivity index (χ0v) is 19.2. The predicted octanol–water partition coefficient (Wildman–Crippen LogP) is 2.54. The number of esters is 2. The molecule has 10 nitrogen and oxygen atoms in total. The van der Waals surface area contributed by atoms with Gasteiger partial charge < -0.3 is 14.8 Å². The van der Waals surface area contributed by atoms with Crippen molar-refractivity contribution in [2.24, 2.45) is 0 Å². The Morgan fingerprint density at radius 2 is 1.84 bits per heavy atom. The van der Waals surface area contributed by atoms with Crippen LogP contribution in [-0.4, -0.2) is 51.2 Å². The van der Waals surface area contributed by atoms with Crippen LogP contribution in [0.25, 0.3) is 5.65 Å². The van der Waals surface area contributed by atoms with Gasteiger partial charge in [-0.3, -0.25) is 9.20 Å². The number of ether oxygens (including phenoxy) is 2. The summed E-state index contributed by atoms with van der Waals surface area (Å²) >= 11 is 1.92. The van der Waals surface area contributed by atoms with Crippen LogP contribution < -0.4 is 11.0 Å². The summed E-state index contributed by atoms with van der Waals surface area (Å²) in [6.07, 6.45) is 1.55. The van der Waals surface area contributed by atoms with Crippen LogP contribution in [0.15, 0.2) is 34.3 Å². The van der Waals surface area contributed by atoms with E-state index in [1.54, 1.807) is 45.2 Å². The molecule has 0 saturated heterocycles.